The molecule has 2 aromatic rings. The average Bonchev–Trinajstić information content (AvgIpc) is 2.57. The minimum absolute atomic E-state index is 0.00615. The molecule has 0 fully saturated rings. The number of nitrogens with zero attached hydrogens (tertiary/aromatic N) is 1. The second-order valence-electron chi connectivity index (χ2n) is 3.77. The van der Waals surface area contributed by atoms with Crippen molar-refractivity contribution in [2.75, 3.05) is 13.2 Å². The predicted octanol–water partition coefficient (Wildman–Crippen LogP) is 0.166. The lowest BCUT2D eigenvalue weighted by atomic mass is 10.00. The molecule has 2 rings (SSSR count). The summed E-state index contributed by atoms with van der Waals surface area (Å²) in [5.74, 6) is -0.491. The molecule has 1 aromatic heterocycles. The number of aryl methyl sites for hydroxylation is 1. The van der Waals surface area contributed by atoms with E-state index in [2.05, 4.69) is 0 Å². The highest BCUT2D eigenvalue weighted by Crippen LogP contribution is 2.20. The topological polar surface area (TPSA) is 81.4 Å². The summed E-state index contributed by atoms with van der Waals surface area (Å²) >= 11 is 0. The molecular weight excluding hydrogens is 208 g/mol. The van der Waals surface area contributed by atoms with Crippen molar-refractivity contribution in [1.29, 1.82) is 0 Å². The van der Waals surface area contributed by atoms with Gasteiger partial charge in [-0.25, -0.2) is 4.79 Å². The van der Waals surface area contributed by atoms with Crippen LogP contribution in [-0.2, 0) is 7.05 Å². The number of aliphatic hydroxyl groups excluding tert-OH is 1. The van der Waals surface area contributed by atoms with E-state index in [1.807, 2.05) is 12.1 Å². The van der Waals surface area contributed by atoms with Gasteiger partial charge in [0.15, 0.2) is 5.58 Å². The van der Waals surface area contributed by atoms with E-state index in [4.69, 9.17) is 15.3 Å². The van der Waals surface area contributed by atoms with Gasteiger partial charge in [0.25, 0.3) is 0 Å². The summed E-state index contributed by atoms with van der Waals surface area (Å²) in [4.78, 5) is 11.3. The van der Waals surface area contributed by atoms with Crippen LogP contribution >= 0.6 is 0 Å². The first-order chi connectivity index (χ1) is 7.67. The van der Waals surface area contributed by atoms with Crippen molar-refractivity contribution in [3.63, 3.8) is 0 Å². The van der Waals surface area contributed by atoms with Crippen molar-refractivity contribution in [1.82, 2.24) is 4.57 Å². The summed E-state index contributed by atoms with van der Waals surface area (Å²) in [6.07, 6.45) is 0. The average molecular weight is 222 g/mol. The van der Waals surface area contributed by atoms with Crippen LogP contribution in [0.4, 0.5) is 0 Å². The zero-order valence-electron chi connectivity index (χ0n) is 9.01. The van der Waals surface area contributed by atoms with E-state index in [0.717, 1.165) is 11.1 Å². The predicted molar refractivity (Wildman–Crippen MR) is 60.3 cm³/mol. The number of aliphatic hydroxyl groups is 1. The monoisotopic (exact) mass is 222 g/mol. The molecule has 0 aliphatic carbocycles. The lowest BCUT2D eigenvalue weighted by Gasteiger charge is -2.11. The molecule has 1 heterocycles. The molecule has 5 heteroatoms. The van der Waals surface area contributed by atoms with E-state index in [9.17, 15) is 4.79 Å². The van der Waals surface area contributed by atoms with Crippen LogP contribution in [0, 0.1) is 0 Å². The number of hydrogen-bond acceptors (Lipinski definition) is 4. The fourth-order valence-corrected chi connectivity index (χ4v) is 1.71. The summed E-state index contributed by atoms with van der Waals surface area (Å²) in [6.45, 7) is 0.363. The Morgan fingerprint density at radius 2 is 2.31 bits per heavy atom. The van der Waals surface area contributed by atoms with E-state index in [0.29, 0.717) is 12.1 Å². The van der Waals surface area contributed by atoms with Crippen molar-refractivity contribution in [2.24, 2.45) is 12.8 Å². The molecule has 1 unspecified atom stereocenters. The van der Waals surface area contributed by atoms with Gasteiger partial charge in [0.2, 0.25) is 0 Å². The van der Waals surface area contributed by atoms with Crippen LogP contribution in [0.15, 0.2) is 27.4 Å². The number of oxazole rings is 1. The number of rotatable bonds is 3. The molecule has 1 aromatic carbocycles. The minimum atomic E-state index is -0.388. The number of nitrogens with two attached hydrogens (primary N) is 1. The fourth-order valence-electron chi connectivity index (χ4n) is 1.71. The lowest BCUT2D eigenvalue weighted by Crippen LogP contribution is -2.16. The summed E-state index contributed by atoms with van der Waals surface area (Å²) in [5, 5.41) is 9.15. The Morgan fingerprint density at radius 1 is 1.56 bits per heavy atom. The van der Waals surface area contributed by atoms with Gasteiger partial charge in [-0.3, -0.25) is 4.57 Å². The van der Waals surface area contributed by atoms with Crippen LogP contribution in [0.3, 0.4) is 0 Å². The minimum Gasteiger partial charge on any atom is -0.408 e. The standard InChI is InChI=1S/C11H14N2O3/c1-13-9-4-7(8(5-12)6-14)2-3-10(9)16-11(13)15/h2-4,8,14H,5-6,12H2,1H3. The Morgan fingerprint density at radius 3 is 2.94 bits per heavy atom. The van der Waals surface area contributed by atoms with Gasteiger partial charge in [-0.1, -0.05) is 6.07 Å². The van der Waals surface area contributed by atoms with Gasteiger partial charge in [-0.15, -0.1) is 0 Å². The van der Waals surface area contributed by atoms with E-state index in [1.54, 1.807) is 13.1 Å². The van der Waals surface area contributed by atoms with Gasteiger partial charge in [-0.2, -0.15) is 0 Å². The van der Waals surface area contributed by atoms with Gasteiger partial charge in [0, 0.05) is 19.5 Å². The third kappa shape index (κ3) is 1.64. The Labute approximate surface area is 92.1 Å². The third-order valence-corrected chi connectivity index (χ3v) is 2.79. The lowest BCUT2D eigenvalue weighted by molar-refractivity contribution is 0.268. The van der Waals surface area contributed by atoms with Crippen molar-refractivity contribution in [3.05, 3.63) is 34.3 Å². The number of aromatic nitrogens is 1. The largest absolute Gasteiger partial charge is 0.419 e. The van der Waals surface area contributed by atoms with E-state index in [-0.39, 0.29) is 18.3 Å². The second kappa shape index (κ2) is 4.11. The molecule has 1 atom stereocenters. The first kappa shape index (κ1) is 10.9. The first-order valence-electron chi connectivity index (χ1n) is 5.07. The normalized spacial score (nSPS) is 13.2. The van der Waals surface area contributed by atoms with Gasteiger partial charge >= 0.3 is 5.76 Å². The van der Waals surface area contributed by atoms with Crippen molar-refractivity contribution in [3.8, 4) is 0 Å². The molecule has 5 nitrogen and oxygen atoms in total. The zero-order valence-corrected chi connectivity index (χ0v) is 9.01. The summed E-state index contributed by atoms with van der Waals surface area (Å²) in [7, 11) is 1.65. The molecule has 16 heavy (non-hydrogen) atoms. The molecule has 0 bridgehead atoms. The second-order valence-corrected chi connectivity index (χ2v) is 3.77. The van der Waals surface area contributed by atoms with E-state index in [1.165, 1.54) is 4.57 Å². The molecule has 3 N–H and O–H groups in total. The van der Waals surface area contributed by atoms with Gasteiger partial charge < -0.3 is 15.3 Å². The zero-order chi connectivity index (χ0) is 11.7. The van der Waals surface area contributed by atoms with Crippen LogP contribution < -0.4 is 11.5 Å². The Bertz CT molecular complexity index is 552. The molecule has 0 radical (unpaired) electrons. The van der Waals surface area contributed by atoms with Crippen LogP contribution in [0.2, 0.25) is 0 Å². The van der Waals surface area contributed by atoms with Crippen molar-refractivity contribution in [2.45, 2.75) is 5.92 Å². The summed E-state index contributed by atoms with van der Waals surface area (Å²) in [5.41, 5.74) is 7.72. The third-order valence-electron chi connectivity index (χ3n) is 2.79. The summed E-state index contributed by atoms with van der Waals surface area (Å²) in [6, 6.07) is 5.37. The molecule has 0 aliphatic heterocycles. The molecule has 0 aliphatic rings. The maximum Gasteiger partial charge on any atom is 0.419 e. The number of fused-ring (bicyclic) bond motifs is 1. The van der Waals surface area contributed by atoms with Crippen LogP contribution in [-0.4, -0.2) is 22.8 Å². The van der Waals surface area contributed by atoms with Crippen molar-refractivity contribution >= 4 is 11.1 Å². The highest BCUT2D eigenvalue weighted by molar-refractivity contribution is 5.73. The Hall–Kier alpha value is -1.59. The molecule has 0 amide bonds. The van der Waals surface area contributed by atoms with Crippen molar-refractivity contribution < 1.29 is 9.52 Å². The molecule has 0 saturated carbocycles. The SMILES string of the molecule is Cn1c(=O)oc2ccc(C(CN)CO)cc21. The van der Waals surface area contributed by atoms with Crippen LogP contribution in [0.25, 0.3) is 11.1 Å². The molecule has 86 valence electrons. The molecular formula is C11H14N2O3. The fraction of sp³-hybridized carbons (Fsp3) is 0.364. The molecule has 0 saturated heterocycles. The van der Waals surface area contributed by atoms with Gasteiger partial charge in [-0.05, 0) is 17.7 Å². The maximum atomic E-state index is 11.3. The van der Waals surface area contributed by atoms with Gasteiger partial charge in [0.1, 0.15) is 0 Å². The highest BCUT2D eigenvalue weighted by atomic mass is 16.4. The van der Waals surface area contributed by atoms with Crippen LogP contribution in [0.1, 0.15) is 11.5 Å². The smallest absolute Gasteiger partial charge is 0.408 e. The molecule has 0 spiro atoms. The summed E-state index contributed by atoms with van der Waals surface area (Å²) < 4.78 is 6.45. The first-order valence-corrected chi connectivity index (χ1v) is 5.07. The van der Waals surface area contributed by atoms with Gasteiger partial charge in [0.05, 0.1) is 12.1 Å². The highest BCUT2D eigenvalue weighted by Gasteiger charge is 2.12. The number of benzene rings is 1. The maximum absolute atomic E-state index is 11.3. The Kier molecular flexibility index (Phi) is 2.80. The van der Waals surface area contributed by atoms with E-state index < -0.39 is 0 Å². The van der Waals surface area contributed by atoms with E-state index >= 15 is 0 Å². The van der Waals surface area contributed by atoms with Crippen LogP contribution in [0.5, 0.6) is 0 Å². The quantitative estimate of drug-likeness (QED) is 0.775. The number of hydrogen-bond donors (Lipinski definition) is 2. The Balaban J connectivity index is 2.58.